The summed E-state index contributed by atoms with van der Waals surface area (Å²) >= 11 is 5.34. The quantitative estimate of drug-likeness (QED) is 0.691. The van der Waals surface area contributed by atoms with Gasteiger partial charge in [-0.05, 0) is 67.8 Å². The van der Waals surface area contributed by atoms with Crippen LogP contribution in [0.2, 0.25) is 0 Å². The number of nitrogens with zero attached hydrogens (tertiary/aromatic N) is 1. The molecule has 1 heterocycles. The zero-order valence-electron chi connectivity index (χ0n) is 11.1. The molecule has 0 aliphatic heterocycles. The SMILES string of the molecule is CN(CCCCCNC1CC1)Cc1cc(Br)cs1. The van der Waals surface area contributed by atoms with E-state index in [4.69, 9.17) is 0 Å². The minimum absolute atomic E-state index is 0.866. The van der Waals surface area contributed by atoms with Crippen LogP contribution in [-0.2, 0) is 6.54 Å². The van der Waals surface area contributed by atoms with Crippen molar-refractivity contribution in [3.8, 4) is 0 Å². The Morgan fingerprint density at radius 1 is 1.39 bits per heavy atom. The van der Waals surface area contributed by atoms with E-state index >= 15 is 0 Å². The van der Waals surface area contributed by atoms with Crippen LogP contribution in [0.15, 0.2) is 15.9 Å². The zero-order chi connectivity index (χ0) is 12.8. The largest absolute Gasteiger partial charge is 0.314 e. The highest BCUT2D eigenvalue weighted by Gasteiger charge is 2.19. The number of unbranched alkanes of at least 4 members (excludes halogenated alkanes) is 2. The van der Waals surface area contributed by atoms with Crippen molar-refractivity contribution in [3.63, 3.8) is 0 Å². The van der Waals surface area contributed by atoms with E-state index in [-0.39, 0.29) is 0 Å². The van der Waals surface area contributed by atoms with Crippen molar-refractivity contribution in [2.75, 3.05) is 20.1 Å². The lowest BCUT2D eigenvalue weighted by Crippen LogP contribution is -2.20. The van der Waals surface area contributed by atoms with Crippen molar-refractivity contribution in [2.24, 2.45) is 0 Å². The summed E-state index contributed by atoms with van der Waals surface area (Å²) in [4.78, 5) is 3.87. The lowest BCUT2D eigenvalue weighted by molar-refractivity contribution is 0.319. The van der Waals surface area contributed by atoms with Gasteiger partial charge in [0.1, 0.15) is 0 Å². The Hall–Kier alpha value is 0.1000. The molecule has 0 radical (unpaired) electrons. The highest BCUT2D eigenvalue weighted by molar-refractivity contribution is 9.10. The van der Waals surface area contributed by atoms with Crippen LogP contribution >= 0.6 is 27.3 Å². The third kappa shape index (κ3) is 5.83. The van der Waals surface area contributed by atoms with Crippen molar-refractivity contribution >= 4 is 27.3 Å². The molecule has 0 amide bonds. The van der Waals surface area contributed by atoms with Crippen LogP contribution < -0.4 is 5.32 Å². The molecule has 1 aromatic rings. The Labute approximate surface area is 123 Å². The van der Waals surface area contributed by atoms with Crippen LogP contribution in [0.3, 0.4) is 0 Å². The van der Waals surface area contributed by atoms with Gasteiger partial charge in [0.2, 0.25) is 0 Å². The van der Waals surface area contributed by atoms with Gasteiger partial charge < -0.3 is 10.2 Å². The molecule has 0 bridgehead atoms. The summed E-state index contributed by atoms with van der Waals surface area (Å²) in [6.45, 7) is 3.50. The van der Waals surface area contributed by atoms with Crippen LogP contribution in [0.1, 0.15) is 37.0 Å². The number of rotatable bonds is 9. The van der Waals surface area contributed by atoms with Crippen molar-refractivity contribution in [1.29, 1.82) is 0 Å². The summed E-state index contributed by atoms with van der Waals surface area (Å²) in [5.41, 5.74) is 0. The van der Waals surface area contributed by atoms with Gasteiger partial charge in [0.05, 0.1) is 0 Å². The topological polar surface area (TPSA) is 15.3 Å². The molecule has 0 atom stereocenters. The van der Waals surface area contributed by atoms with Gasteiger partial charge in [0, 0.05) is 27.3 Å². The molecule has 0 aromatic carbocycles. The molecular weight excluding hydrogens is 308 g/mol. The summed E-state index contributed by atoms with van der Waals surface area (Å²) in [6, 6.07) is 3.09. The number of nitrogens with one attached hydrogen (secondary N) is 1. The standard InChI is InChI=1S/C14H23BrN2S/c1-17(10-14-9-12(15)11-18-14)8-4-2-3-7-16-13-5-6-13/h9,11,13,16H,2-8,10H2,1H3. The predicted octanol–water partition coefficient (Wildman–Crippen LogP) is 3.86. The normalized spacial score (nSPS) is 15.5. The number of thiophene rings is 1. The molecule has 1 saturated carbocycles. The first-order valence-corrected chi connectivity index (χ1v) is 8.56. The third-order valence-corrected chi connectivity index (χ3v) is 4.96. The van der Waals surface area contributed by atoms with E-state index < -0.39 is 0 Å². The molecule has 2 rings (SSSR count). The molecule has 0 spiro atoms. The Bertz CT molecular complexity index is 349. The molecule has 0 unspecified atom stereocenters. The lowest BCUT2D eigenvalue weighted by Gasteiger charge is -2.15. The van der Waals surface area contributed by atoms with Gasteiger partial charge >= 0.3 is 0 Å². The molecule has 18 heavy (non-hydrogen) atoms. The first-order valence-electron chi connectivity index (χ1n) is 6.89. The van der Waals surface area contributed by atoms with Crippen molar-refractivity contribution in [2.45, 2.75) is 44.7 Å². The highest BCUT2D eigenvalue weighted by atomic mass is 79.9. The number of halogens is 1. The van der Waals surface area contributed by atoms with Crippen LogP contribution in [0, 0.1) is 0 Å². The molecular formula is C14H23BrN2S. The van der Waals surface area contributed by atoms with Crippen molar-refractivity contribution in [1.82, 2.24) is 10.2 Å². The Kier molecular flexibility index (Phi) is 6.15. The van der Waals surface area contributed by atoms with Gasteiger partial charge in [-0.3, -0.25) is 0 Å². The van der Waals surface area contributed by atoms with Gasteiger partial charge in [-0.1, -0.05) is 6.42 Å². The maximum absolute atomic E-state index is 3.57. The predicted molar refractivity (Wildman–Crippen MR) is 83.2 cm³/mol. The number of hydrogen-bond donors (Lipinski definition) is 1. The van der Waals surface area contributed by atoms with E-state index in [0.29, 0.717) is 0 Å². The van der Waals surface area contributed by atoms with Crippen LogP contribution in [0.25, 0.3) is 0 Å². The minimum atomic E-state index is 0.866. The summed E-state index contributed by atoms with van der Waals surface area (Å²) in [6.07, 6.45) is 6.79. The Balaban J connectivity index is 1.47. The van der Waals surface area contributed by atoms with Gasteiger partial charge in [0.15, 0.2) is 0 Å². The maximum atomic E-state index is 3.57. The lowest BCUT2D eigenvalue weighted by atomic mass is 10.2. The van der Waals surface area contributed by atoms with Gasteiger partial charge in [-0.2, -0.15) is 0 Å². The van der Waals surface area contributed by atoms with E-state index in [1.54, 1.807) is 0 Å². The molecule has 1 N–H and O–H groups in total. The van der Waals surface area contributed by atoms with Crippen LogP contribution in [-0.4, -0.2) is 31.1 Å². The van der Waals surface area contributed by atoms with Crippen LogP contribution in [0.5, 0.6) is 0 Å². The Morgan fingerprint density at radius 2 is 2.22 bits per heavy atom. The van der Waals surface area contributed by atoms with Gasteiger partial charge in [-0.15, -0.1) is 11.3 Å². The second-order valence-corrected chi connectivity index (χ2v) is 7.17. The fraction of sp³-hybridized carbons (Fsp3) is 0.714. The van der Waals surface area contributed by atoms with E-state index in [1.807, 2.05) is 11.3 Å². The van der Waals surface area contributed by atoms with E-state index in [1.165, 1.54) is 54.5 Å². The van der Waals surface area contributed by atoms with Crippen molar-refractivity contribution < 1.29 is 0 Å². The fourth-order valence-electron chi connectivity index (χ4n) is 2.06. The zero-order valence-corrected chi connectivity index (χ0v) is 13.5. The summed E-state index contributed by atoms with van der Waals surface area (Å²) < 4.78 is 1.21. The summed E-state index contributed by atoms with van der Waals surface area (Å²) in [7, 11) is 2.22. The molecule has 0 saturated heterocycles. The average molecular weight is 331 g/mol. The van der Waals surface area contributed by atoms with Gasteiger partial charge in [-0.25, -0.2) is 0 Å². The molecule has 1 aliphatic carbocycles. The molecule has 102 valence electrons. The smallest absolute Gasteiger partial charge is 0.0325 e. The molecule has 2 nitrogen and oxygen atoms in total. The van der Waals surface area contributed by atoms with E-state index in [9.17, 15) is 0 Å². The van der Waals surface area contributed by atoms with Crippen LogP contribution in [0.4, 0.5) is 0 Å². The summed E-state index contributed by atoms with van der Waals surface area (Å²) in [5.74, 6) is 0. The first-order chi connectivity index (χ1) is 8.74. The molecule has 1 aromatic heterocycles. The number of hydrogen-bond acceptors (Lipinski definition) is 3. The minimum Gasteiger partial charge on any atom is -0.314 e. The van der Waals surface area contributed by atoms with Crippen molar-refractivity contribution in [3.05, 3.63) is 20.8 Å². The summed E-state index contributed by atoms with van der Waals surface area (Å²) in [5, 5.41) is 5.73. The fourth-order valence-corrected chi connectivity index (χ4v) is 3.59. The average Bonchev–Trinajstić information content (AvgIpc) is 3.07. The Morgan fingerprint density at radius 3 is 2.89 bits per heavy atom. The molecule has 4 heteroatoms. The molecule has 1 aliphatic rings. The first kappa shape index (κ1) is 14.5. The monoisotopic (exact) mass is 330 g/mol. The highest BCUT2D eigenvalue weighted by Crippen LogP contribution is 2.21. The van der Waals surface area contributed by atoms with E-state index in [0.717, 1.165) is 12.6 Å². The maximum Gasteiger partial charge on any atom is 0.0325 e. The third-order valence-electron chi connectivity index (χ3n) is 3.27. The molecule has 1 fully saturated rings. The second-order valence-electron chi connectivity index (χ2n) is 5.26. The second kappa shape index (κ2) is 7.63. The van der Waals surface area contributed by atoms with Gasteiger partial charge in [0.25, 0.3) is 0 Å². The van der Waals surface area contributed by atoms with E-state index in [2.05, 4.69) is 44.6 Å².